The van der Waals surface area contributed by atoms with Crippen LogP contribution in [0.2, 0.25) is 0 Å². The standard InChI is InChI=1S/C17H15FN2O4S/c1-11-6-13(20-24-11)8-23-17(21)7-14-10-25-16(19-14)9-22-15-4-2-12(18)3-5-15/h2-6,10H,7-9H2,1H3. The van der Waals surface area contributed by atoms with Gasteiger partial charge in [-0.3, -0.25) is 4.79 Å². The zero-order valence-electron chi connectivity index (χ0n) is 13.4. The summed E-state index contributed by atoms with van der Waals surface area (Å²) in [5.41, 5.74) is 1.18. The normalized spacial score (nSPS) is 10.6. The number of carbonyl (C=O) groups is 1. The lowest BCUT2D eigenvalue weighted by molar-refractivity contribution is -0.144. The van der Waals surface area contributed by atoms with E-state index in [9.17, 15) is 9.18 Å². The number of aromatic nitrogens is 2. The molecule has 0 N–H and O–H groups in total. The molecule has 1 aromatic carbocycles. The van der Waals surface area contributed by atoms with Gasteiger partial charge in [0, 0.05) is 11.4 Å². The summed E-state index contributed by atoms with van der Waals surface area (Å²) in [5, 5.41) is 6.26. The highest BCUT2D eigenvalue weighted by Crippen LogP contribution is 2.16. The Kier molecular flexibility index (Phi) is 5.39. The molecule has 0 atom stereocenters. The maximum atomic E-state index is 12.8. The van der Waals surface area contributed by atoms with Crippen LogP contribution in [0.15, 0.2) is 40.2 Å². The van der Waals surface area contributed by atoms with Gasteiger partial charge in [-0.1, -0.05) is 5.16 Å². The van der Waals surface area contributed by atoms with Crippen LogP contribution in [0.1, 0.15) is 22.2 Å². The minimum Gasteiger partial charge on any atom is -0.486 e. The highest BCUT2D eigenvalue weighted by atomic mass is 32.1. The summed E-state index contributed by atoms with van der Waals surface area (Å²) >= 11 is 1.39. The van der Waals surface area contributed by atoms with Crippen molar-refractivity contribution in [3.63, 3.8) is 0 Å². The van der Waals surface area contributed by atoms with Gasteiger partial charge < -0.3 is 14.0 Å². The minimum absolute atomic E-state index is 0.0703. The molecular formula is C17H15FN2O4S. The summed E-state index contributed by atoms with van der Waals surface area (Å²) in [5.74, 6) is 0.511. The Labute approximate surface area is 147 Å². The number of rotatable bonds is 7. The van der Waals surface area contributed by atoms with Crippen molar-refractivity contribution < 1.29 is 23.2 Å². The largest absolute Gasteiger partial charge is 0.486 e. The van der Waals surface area contributed by atoms with E-state index in [4.69, 9.17) is 14.0 Å². The van der Waals surface area contributed by atoms with Crippen molar-refractivity contribution in [2.24, 2.45) is 0 Å². The van der Waals surface area contributed by atoms with Gasteiger partial charge in [-0.05, 0) is 31.2 Å². The van der Waals surface area contributed by atoms with Crippen LogP contribution in [-0.4, -0.2) is 16.1 Å². The molecule has 0 spiro atoms. The third-order valence-corrected chi connectivity index (χ3v) is 4.03. The molecule has 0 unspecified atom stereocenters. The molecule has 0 fully saturated rings. The number of benzene rings is 1. The van der Waals surface area contributed by atoms with Crippen LogP contribution >= 0.6 is 11.3 Å². The maximum absolute atomic E-state index is 12.8. The number of thiazole rings is 1. The van der Waals surface area contributed by atoms with Crippen LogP contribution in [0.4, 0.5) is 4.39 Å². The van der Waals surface area contributed by atoms with Crippen LogP contribution < -0.4 is 4.74 Å². The highest BCUT2D eigenvalue weighted by Gasteiger charge is 2.11. The highest BCUT2D eigenvalue weighted by molar-refractivity contribution is 7.09. The molecule has 130 valence electrons. The lowest BCUT2D eigenvalue weighted by Gasteiger charge is -2.03. The Morgan fingerprint density at radius 2 is 2.04 bits per heavy atom. The van der Waals surface area contributed by atoms with E-state index >= 15 is 0 Å². The molecule has 0 saturated carbocycles. The van der Waals surface area contributed by atoms with Crippen LogP contribution in [0.5, 0.6) is 5.75 Å². The first kappa shape index (κ1) is 17.1. The average Bonchev–Trinajstić information content (AvgIpc) is 3.21. The zero-order valence-corrected chi connectivity index (χ0v) is 14.2. The Balaban J connectivity index is 1.45. The first-order valence-electron chi connectivity index (χ1n) is 7.48. The fourth-order valence-corrected chi connectivity index (χ4v) is 2.72. The summed E-state index contributed by atoms with van der Waals surface area (Å²) in [6.45, 7) is 2.09. The van der Waals surface area contributed by atoms with E-state index < -0.39 is 5.97 Å². The second kappa shape index (κ2) is 7.89. The lowest BCUT2D eigenvalue weighted by Crippen LogP contribution is -2.08. The van der Waals surface area contributed by atoms with Gasteiger partial charge in [0.2, 0.25) is 0 Å². The summed E-state index contributed by atoms with van der Waals surface area (Å²) in [4.78, 5) is 16.2. The van der Waals surface area contributed by atoms with E-state index in [1.54, 1.807) is 30.5 Å². The molecule has 0 aliphatic heterocycles. The van der Waals surface area contributed by atoms with Gasteiger partial charge in [0.25, 0.3) is 0 Å². The third-order valence-electron chi connectivity index (χ3n) is 3.16. The number of hydrogen-bond donors (Lipinski definition) is 0. The van der Waals surface area contributed by atoms with E-state index in [1.165, 1.54) is 23.5 Å². The smallest absolute Gasteiger partial charge is 0.312 e. The molecular weight excluding hydrogens is 347 g/mol. The molecule has 3 rings (SSSR count). The quantitative estimate of drug-likeness (QED) is 0.600. The van der Waals surface area contributed by atoms with Gasteiger partial charge in [-0.25, -0.2) is 9.37 Å². The molecule has 8 heteroatoms. The van der Waals surface area contributed by atoms with Crippen LogP contribution in [0.25, 0.3) is 0 Å². The molecule has 2 aromatic heterocycles. The summed E-state index contributed by atoms with van der Waals surface area (Å²) < 4.78 is 28.4. The molecule has 25 heavy (non-hydrogen) atoms. The fourth-order valence-electron chi connectivity index (χ4n) is 2.01. The van der Waals surface area contributed by atoms with Gasteiger partial charge in [0.15, 0.2) is 0 Å². The molecule has 0 aliphatic rings. The number of ether oxygens (including phenoxy) is 2. The Hall–Kier alpha value is -2.74. The third kappa shape index (κ3) is 5.12. The van der Waals surface area contributed by atoms with Crippen molar-refractivity contribution >= 4 is 17.3 Å². The molecule has 0 saturated heterocycles. The SMILES string of the molecule is Cc1cc(COC(=O)Cc2csc(COc3ccc(F)cc3)n2)no1. The van der Waals surface area contributed by atoms with E-state index in [-0.39, 0.29) is 25.5 Å². The first-order valence-corrected chi connectivity index (χ1v) is 8.36. The maximum Gasteiger partial charge on any atom is 0.312 e. The van der Waals surface area contributed by atoms with Crippen molar-refractivity contribution in [1.82, 2.24) is 10.1 Å². The lowest BCUT2D eigenvalue weighted by atomic mass is 10.3. The number of carbonyl (C=O) groups excluding carboxylic acids is 1. The Morgan fingerprint density at radius 3 is 2.76 bits per heavy atom. The summed E-state index contributed by atoms with van der Waals surface area (Å²) in [6, 6.07) is 7.46. The molecule has 0 aliphatic carbocycles. The van der Waals surface area contributed by atoms with Crippen LogP contribution in [-0.2, 0) is 29.2 Å². The van der Waals surface area contributed by atoms with E-state index in [2.05, 4.69) is 10.1 Å². The van der Waals surface area contributed by atoms with Gasteiger partial charge >= 0.3 is 5.97 Å². The molecule has 0 amide bonds. The van der Waals surface area contributed by atoms with E-state index in [0.29, 0.717) is 22.9 Å². The summed E-state index contributed by atoms with van der Waals surface area (Å²) in [6.07, 6.45) is 0.0733. The fraction of sp³-hybridized carbons (Fsp3) is 0.235. The van der Waals surface area contributed by atoms with E-state index in [0.717, 1.165) is 5.01 Å². The van der Waals surface area contributed by atoms with Crippen molar-refractivity contribution in [3.05, 3.63) is 63.7 Å². The van der Waals surface area contributed by atoms with Crippen molar-refractivity contribution in [2.75, 3.05) is 0 Å². The number of esters is 1. The molecule has 0 radical (unpaired) electrons. The Morgan fingerprint density at radius 1 is 1.24 bits per heavy atom. The van der Waals surface area contributed by atoms with Gasteiger partial charge in [0.1, 0.15) is 41.2 Å². The summed E-state index contributed by atoms with van der Waals surface area (Å²) in [7, 11) is 0. The topological polar surface area (TPSA) is 74.5 Å². The predicted octanol–water partition coefficient (Wildman–Crippen LogP) is 3.44. The van der Waals surface area contributed by atoms with Gasteiger partial charge in [-0.15, -0.1) is 11.3 Å². The average molecular weight is 362 g/mol. The van der Waals surface area contributed by atoms with Crippen molar-refractivity contribution in [3.8, 4) is 5.75 Å². The number of aryl methyl sites for hydroxylation is 1. The zero-order chi connectivity index (χ0) is 17.6. The van der Waals surface area contributed by atoms with Crippen molar-refractivity contribution in [2.45, 2.75) is 26.6 Å². The van der Waals surface area contributed by atoms with Crippen LogP contribution in [0, 0.1) is 12.7 Å². The van der Waals surface area contributed by atoms with Crippen molar-refractivity contribution in [1.29, 1.82) is 0 Å². The Bertz CT molecular complexity index is 844. The number of hydrogen-bond acceptors (Lipinski definition) is 7. The second-order valence-electron chi connectivity index (χ2n) is 5.24. The molecule has 6 nitrogen and oxygen atoms in total. The predicted molar refractivity (Wildman–Crippen MR) is 87.6 cm³/mol. The van der Waals surface area contributed by atoms with Gasteiger partial charge in [-0.2, -0.15) is 0 Å². The minimum atomic E-state index is -0.392. The number of nitrogens with zero attached hydrogens (tertiary/aromatic N) is 2. The first-order chi connectivity index (χ1) is 12.1. The van der Waals surface area contributed by atoms with Gasteiger partial charge in [0.05, 0.1) is 12.1 Å². The molecule has 3 aromatic rings. The number of halogens is 1. The monoisotopic (exact) mass is 362 g/mol. The molecule has 0 bridgehead atoms. The second-order valence-corrected chi connectivity index (χ2v) is 6.18. The van der Waals surface area contributed by atoms with Crippen LogP contribution in [0.3, 0.4) is 0 Å². The molecule has 2 heterocycles. The van der Waals surface area contributed by atoms with E-state index in [1.807, 2.05) is 0 Å².